The van der Waals surface area contributed by atoms with Gasteiger partial charge in [-0.15, -0.1) is 0 Å². The van der Waals surface area contributed by atoms with Crippen LogP contribution in [0.2, 0.25) is 0 Å². The highest BCUT2D eigenvalue weighted by atomic mass is 32.2. The summed E-state index contributed by atoms with van der Waals surface area (Å²) in [6.45, 7) is 1.05. The molecule has 1 aliphatic heterocycles. The maximum Gasteiger partial charge on any atom is 0.255 e. The van der Waals surface area contributed by atoms with Crippen molar-refractivity contribution in [3.63, 3.8) is 0 Å². The largest absolute Gasteiger partial charge is 0.481 e. The fourth-order valence-corrected chi connectivity index (χ4v) is 3.94. The van der Waals surface area contributed by atoms with Crippen LogP contribution >= 0.6 is 0 Å². The Morgan fingerprint density at radius 1 is 1.36 bits per heavy atom. The van der Waals surface area contributed by atoms with E-state index in [4.69, 9.17) is 9.26 Å². The Bertz CT molecular complexity index is 920. The zero-order valence-electron chi connectivity index (χ0n) is 16.0. The van der Waals surface area contributed by atoms with Crippen molar-refractivity contribution in [3.05, 3.63) is 35.6 Å². The lowest BCUT2D eigenvalue weighted by atomic mass is 9.98. The maximum absolute atomic E-state index is 12.5. The van der Waals surface area contributed by atoms with Gasteiger partial charge in [0.15, 0.2) is 5.82 Å². The van der Waals surface area contributed by atoms with Crippen molar-refractivity contribution in [2.45, 2.75) is 25.3 Å². The smallest absolute Gasteiger partial charge is 0.255 e. The fraction of sp³-hybridized carbons (Fsp3) is 0.529. The van der Waals surface area contributed by atoms with Crippen LogP contribution in [0.3, 0.4) is 0 Å². The summed E-state index contributed by atoms with van der Waals surface area (Å²) in [5.74, 6) is 1.13. The van der Waals surface area contributed by atoms with E-state index < -0.39 is 10.0 Å². The van der Waals surface area contributed by atoms with Crippen LogP contribution in [-0.4, -0.2) is 72.2 Å². The maximum atomic E-state index is 12.5. The number of methoxy groups -OCH3 is 1. The highest BCUT2D eigenvalue weighted by Crippen LogP contribution is 2.27. The number of nitrogens with zero attached hydrogens (tertiary/aromatic N) is 5. The number of amides is 1. The summed E-state index contributed by atoms with van der Waals surface area (Å²) in [5, 5.41) is 4.01. The van der Waals surface area contributed by atoms with Crippen molar-refractivity contribution in [2.24, 2.45) is 0 Å². The molecule has 0 unspecified atom stereocenters. The molecule has 0 saturated carbocycles. The van der Waals surface area contributed by atoms with Crippen LogP contribution in [0.5, 0.6) is 5.88 Å². The van der Waals surface area contributed by atoms with E-state index in [1.165, 1.54) is 28.8 Å². The molecule has 152 valence electrons. The average molecular weight is 409 g/mol. The van der Waals surface area contributed by atoms with Crippen molar-refractivity contribution < 1.29 is 22.5 Å². The zero-order valence-corrected chi connectivity index (χ0v) is 16.8. The predicted molar refractivity (Wildman–Crippen MR) is 99.3 cm³/mol. The normalized spacial score (nSPS) is 16.1. The molecule has 0 aliphatic carbocycles. The molecule has 0 spiro atoms. The average Bonchev–Trinajstić information content (AvgIpc) is 3.15. The van der Waals surface area contributed by atoms with Gasteiger partial charge in [0.05, 0.1) is 25.5 Å². The first-order valence-electron chi connectivity index (χ1n) is 8.81. The number of pyridine rings is 1. The quantitative estimate of drug-likeness (QED) is 0.690. The van der Waals surface area contributed by atoms with Crippen molar-refractivity contribution in [1.82, 2.24) is 24.3 Å². The first-order chi connectivity index (χ1) is 13.3. The van der Waals surface area contributed by atoms with Crippen molar-refractivity contribution >= 4 is 15.9 Å². The predicted octanol–water partition coefficient (Wildman–Crippen LogP) is 0.884. The molecule has 2 aromatic heterocycles. The number of rotatable bonds is 6. The molecule has 0 N–H and O–H groups in total. The van der Waals surface area contributed by atoms with Crippen LogP contribution in [-0.2, 0) is 16.6 Å². The lowest BCUT2D eigenvalue weighted by molar-refractivity contribution is 0.0769. The number of aromatic nitrogens is 3. The lowest BCUT2D eigenvalue weighted by Crippen LogP contribution is -2.37. The van der Waals surface area contributed by atoms with Gasteiger partial charge in [-0.3, -0.25) is 4.79 Å². The molecule has 0 bridgehead atoms. The molecule has 11 heteroatoms. The summed E-state index contributed by atoms with van der Waals surface area (Å²) in [4.78, 5) is 22.4. The van der Waals surface area contributed by atoms with Gasteiger partial charge in [0, 0.05) is 38.3 Å². The molecular weight excluding hydrogens is 386 g/mol. The topological polar surface area (TPSA) is 119 Å². The third kappa shape index (κ3) is 4.65. The van der Waals surface area contributed by atoms with Crippen molar-refractivity contribution in [1.29, 1.82) is 0 Å². The Balaban J connectivity index is 1.59. The van der Waals surface area contributed by atoms with Crippen LogP contribution in [0.4, 0.5) is 0 Å². The minimum Gasteiger partial charge on any atom is -0.481 e. The molecular formula is C17H23N5O5S. The molecule has 2 aromatic rings. The Hall–Kier alpha value is -2.53. The van der Waals surface area contributed by atoms with Crippen LogP contribution < -0.4 is 4.74 Å². The number of hydrogen-bond acceptors (Lipinski definition) is 8. The number of carbonyl (C=O) groups excluding carboxylic acids is 1. The van der Waals surface area contributed by atoms with E-state index in [0.29, 0.717) is 49.1 Å². The molecule has 10 nitrogen and oxygen atoms in total. The van der Waals surface area contributed by atoms with Gasteiger partial charge >= 0.3 is 0 Å². The highest BCUT2D eigenvalue weighted by Gasteiger charge is 2.28. The summed E-state index contributed by atoms with van der Waals surface area (Å²) < 4.78 is 34.9. The SMILES string of the molecule is COc1ccc(C(=O)N(C)Cc2nc(C3CCN(S(C)(=O)=O)CC3)no2)cn1. The third-order valence-electron chi connectivity index (χ3n) is 4.68. The van der Waals surface area contributed by atoms with Crippen LogP contribution in [0, 0.1) is 0 Å². The van der Waals surface area contributed by atoms with Crippen molar-refractivity contribution in [2.75, 3.05) is 33.5 Å². The molecule has 1 aliphatic rings. The third-order valence-corrected chi connectivity index (χ3v) is 5.99. The minimum absolute atomic E-state index is 0.0438. The lowest BCUT2D eigenvalue weighted by Gasteiger charge is -2.28. The summed E-state index contributed by atoms with van der Waals surface area (Å²) in [7, 11) is -0.0226. The summed E-state index contributed by atoms with van der Waals surface area (Å²) in [5.41, 5.74) is 0.427. The molecule has 1 saturated heterocycles. The number of sulfonamides is 1. The minimum atomic E-state index is -3.17. The standard InChI is InChI=1S/C17H23N5O5S/c1-21(17(23)13-4-5-14(26-2)18-10-13)11-15-19-16(20-27-15)12-6-8-22(9-7-12)28(3,24)25/h4-5,10,12H,6-9,11H2,1-3H3. The number of piperidine rings is 1. The van der Waals surface area contributed by atoms with Crippen LogP contribution in [0.15, 0.2) is 22.9 Å². The second kappa shape index (κ2) is 8.23. The van der Waals surface area contributed by atoms with Gasteiger partial charge in [0.25, 0.3) is 5.91 Å². The van der Waals surface area contributed by atoms with Gasteiger partial charge in [-0.2, -0.15) is 4.98 Å². The van der Waals surface area contributed by atoms with E-state index in [-0.39, 0.29) is 18.4 Å². The van der Waals surface area contributed by atoms with E-state index in [0.717, 1.165) is 0 Å². The Morgan fingerprint density at radius 2 is 2.07 bits per heavy atom. The van der Waals surface area contributed by atoms with Crippen LogP contribution in [0.1, 0.15) is 40.8 Å². The van der Waals surface area contributed by atoms with Gasteiger partial charge in [0.1, 0.15) is 0 Å². The molecule has 3 rings (SSSR count). The van der Waals surface area contributed by atoms with Gasteiger partial charge in [0.2, 0.25) is 21.8 Å². The van der Waals surface area contributed by atoms with E-state index in [9.17, 15) is 13.2 Å². The Kier molecular flexibility index (Phi) is 5.94. The Morgan fingerprint density at radius 3 is 2.64 bits per heavy atom. The van der Waals surface area contributed by atoms with Gasteiger partial charge in [-0.05, 0) is 18.9 Å². The fourth-order valence-electron chi connectivity index (χ4n) is 3.07. The van der Waals surface area contributed by atoms with E-state index >= 15 is 0 Å². The molecule has 28 heavy (non-hydrogen) atoms. The monoisotopic (exact) mass is 409 g/mol. The van der Waals surface area contributed by atoms with Gasteiger partial charge in [-0.25, -0.2) is 17.7 Å². The summed E-state index contributed by atoms with van der Waals surface area (Å²) in [6.07, 6.45) is 3.94. The van der Waals surface area contributed by atoms with Gasteiger partial charge in [-0.1, -0.05) is 5.16 Å². The number of carbonyl (C=O) groups is 1. The molecule has 1 amide bonds. The molecule has 0 atom stereocenters. The summed E-state index contributed by atoms with van der Waals surface area (Å²) in [6, 6.07) is 3.26. The van der Waals surface area contributed by atoms with Crippen LogP contribution in [0.25, 0.3) is 0 Å². The second-order valence-electron chi connectivity index (χ2n) is 6.73. The molecule has 1 fully saturated rings. The first kappa shape index (κ1) is 20.2. The zero-order chi connectivity index (χ0) is 20.3. The summed E-state index contributed by atoms with van der Waals surface area (Å²) >= 11 is 0. The molecule has 0 radical (unpaired) electrons. The molecule has 3 heterocycles. The second-order valence-corrected chi connectivity index (χ2v) is 8.72. The van der Waals surface area contributed by atoms with E-state index in [1.54, 1.807) is 19.2 Å². The molecule has 0 aromatic carbocycles. The van der Waals surface area contributed by atoms with Crippen molar-refractivity contribution in [3.8, 4) is 5.88 Å². The Labute approximate surface area is 163 Å². The van der Waals surface area contributed by atoms with Gasteiger partial charge < -0.3 is 14.2 Å². The van der Waals surface area contributed by atoms with E-state index in [2.05, 4.69) is 15.1 Å². The number of hydrogen-bond donors (Lipinski definition) is 0. The number of ether oxygens (including phenoxy) is 1. The first-order valence-corrected chi connectivity index (χ1v) is 10.7. The highest BCUT2D eigenvalue weighted by molar-refractivity contribution is 7.88. The van der Waals surface area contributed by atoms with E-state index in [1.807, 2.05) is 0 Å².